The van der Waals surface area contributed by atoms with Gasteiger partial charge in [-0.05, 0) is 20.8 Å². The van der Waals surface area contributed by atoms with Gasteiger partial charge in [0.1, 0.15) is 5.54 Å². The molecular formula is C7H16IN3. The van der Waals surface area contributed by atoms with Crippen LogP contribution in [0.2, 0.25) is 0 Å². The largest absolute Gasteiger partial charge is 1.00 e. The molecule has 1 N–H and O–H groups in total. The third-order valence-corrected chi connectivity index (χ3v) is 1.68. The normalized spacial score (nSPS) is 23.6. The van der Waals surface area contributed by atoms with E-state index in [2.05, 4.69) is 30.8 Å². The van der Waals surface area contributed by atoms with Gasteiger partial charge in [-0.15, -0.1) is 0 Å². The third kappa shape index (κ3) is 2.94. The molecule has 0 fully saturated rings. The summed E-state index contributed by atoms with van der Waals surface area (Å²) in [6.45, 7) is 7.57. The van der Waals surface area contributed by atoms with E-state index >= 15 is 0 Å². The number of rotatable bonds is 0. The first-order valence-corrected chi connectivity index (χ1v) is 3.61. The second-order valence-corrected chi connectivity index (χ2v) is 3.86. The standard InChI is InChI=1S/C7H15N3.HI/c1-7(2,3)10-6-9(4)5-8-10;/h5H,6H2,1-4H3;1H. The van der Waals surface area contributed by atoms with Crippen molar-refractivity contribution in [1.29, 1.82) is 0 Å². The Morgan fingerprint density at radius 3 is 2.18 bits per heavy atom. The summed E-state index contributed by atoms with van der Waals surface area (Å²) in [6, 6.07) is 0. The van der Waals surface area contributed by atoms with Gasteiger partial charge in [0.25, 0.3) is 0 Å². The van der Waals surface area contributed by atoms with Crippen molar-refractivity contribution in [3.05, 3.63) is 0 Å². The van der Waals surface area contributed by atoms with Crippen molar-refractivity contribution in [1.82, 2.24) is 4.90 Å². The zero-order chi connectivity index (χ0) is 7.78. The highest BCUT2D eigenvalue weighted by atomic mass is 127. The molecule has 0 saturated heterocycles. The van der Waals surface area contributed by atoms with Crippen LogP contribution < -0.4 is 29.0 Å². The molecule has 4 heteroatoms. The van der Waals surface area contributed by atoms with Crippen LogP contribution in [-0.4, -0.2) is 30.5 Å². The zero-order valence-electron chi connectivity index (χ0n) is 7.56. The summed E-state index contributed by atoms with van der Waals surface area (Å²) in [6.07, 6.45) is 1.89. The van der Waals surface area contributed by atoms with Crippen LogP contribution in [0.1, 0.15) is 20.8 Å². The molecule has 1 aliphatic heterocycles. The molecule has 1 heterocycles. The molecule has 0 aromatic carbocycles. The van der Waals surface area contributed by atoms with Crippen LogP contribution in [0.5, 0.6) is 0 Å². The van der Waals surface area contributed by atoms with Gasteiger partial charge in [0.2, 0.25) is 0 Å². The lowest BCUT2D eigenvalue weighted by molar-refractivity contribution is -0.953. The van der Waals surface area contributed by atoms with Crippen molar-refractivity contribution in [3.8, 4) is 0 Å². The topological polar surface area (TPSA) is 20.0 Å². The van der Waals surface area contributed by atoms with E-state index in [0.29, 0.717) is 0 Å². The second-order valence-electron chi connectivity index (χ2n) is 3.86. The molecule has 0 amide bonds. The van der Waals surface area contributed by atoms with Crippen molar-refractivity contribution in [3.63, 3.8) is 0 Å². The molecule has 3 nitrogen and oxygen atoms in total. The molecule has 0 aliphatic carbocycles. The van der Waals surface area contributed by atoms with Gasteiger partial charge in [0.05, 0.1) is 0 Å². The number of halogens is 1. The predicted octanol–water partition coefficient (Wildman–Crippen LogP) is -3.48. The summed E-state index contributed by atoms with van der Waals surface area (Å²) in [5, 5.41) is 5.58. The van der Waals surface area contributed by atoms with E-state index in [-0.39, 0.29) is 29.5 Å². The van der Waals surface area contributed by atoms with E-state index in [0.717, 1.165) is 6.67 Å². The molecule has 0 aromatic rings. The average Bonchev–Trinajstić information content (AvgIpc) is 2.11. The fourth-order valence-electron chi connectivity index (χ4n) is 0.917. The zero-order valence-corrected chi connectivity index (χ0v) is 9.71. The molecule has 1 atom stereocenters. The molecule has 0 radical (unpaired) electrons. The number of quaternary nitrogens is 1. The van der Waals surface area contributed by atoms with Crippen LogP contribution >= 0.6 is 0 Å². The Morgan fingerprint density at radius 2 is 2.00 bits per heavy atom. The molecular weight excluding hydrogens is 253 g/mol. The van der Waals surface area contributed by atoms with Gasteiger partial charge in [0, 0.05) is 7.05 Å². The van der Waals surface area contributed by atoms with Gasteiger partial charge in [0.15, 0.2) is 13.0 Å². The Kier molecular flexibility index (Phi) is 3.76. The van der Waals surface area contributed by atoms with Crippen LogP contribution in [0.25, 0.3) is 0 Å². The van der Waals surface area contributed by atoms with Crippen molar-refractivity contribution in [2.45, 2.75) is 26.3 Å². The highest BCUT2D eigenvalue weighted by Crippen LogP contribution is 1.94. The maximum absolute atomic E-state index is 4.31. The van der Waals surface area contributed by atoms with Crippen LogP contribution in [-0.2, 0) is 0 Å². The number of nitrogens with one attached hydrogen (secondary N) is 1. The molecule has 0 saturated carbocycles. The smallest absolute Gasteiger partial charge is 0.178 e. The first-order chi connectivity index (χ1) is 4.50. The van der Waals surface area contributed by atoms with Gasteiger partial charge in [-0.3, -0.25) is 0 Å². The van der Waals surface area contributed by atoms with E-state index in [4.69, 9.17) is 0 Å². The van der Waals surface area contributed by atoms with E-state index in [1.54, 1.807) is 0 Å². The quantitative estimate of drug-likeness (QED) is 0.453. The van der Waals surface area contributed by atoms with Gasteiger partial charge >= 0.3 is 0 Å². The van der Waals surface area contributed by atoms with Gasteiger partial charge in [-0.1, -0.05) is 5.10 Å². The molecule has 1 unspecified atom stereocenters. The Bertz CT molecular complexity index is 150. The fourth-order valence-corrected chi connectivity index (χ4v) is 0.917. The van der Waals surface area contributed by atoms with Crippen molar-refractivity contribution < 1.29 is 29.0 Å². The molecule has 11 heavy (non-hydrogen) atoms. The highest BCUT2D eigenvalue weighted by Gasteiger charge is 2.29. The van der Waals surface area contributed by atoms with Crippen LogP contribution in [0.15, 0.2) is 5.10 Å². The Morgan fingerprint density at radius 1 is 1.45 bits per heavy atom. The first-order valence-electron chi connectivity index (χ1n) is 3.61. The molecule has 1 rings (SSSR count). The lowest BCUT2D eigenvalue weighted by Crippen LogP contribution is -3.14. The summed E-state index contributed by atoms with van der Waals surface area (Å²) in [7, 11) is 2.04. The molecule has 0 bridgehead atoms. The molecule has 0 spiro atoms. The summed E-state index contributed by atoms with van der Waals surface area (Å²) < 4.78 is 0. The molecule has 0 aromatic heterocycles. The summed E-state index contributed by atoms with van der Waals surface area (Å²) in [4.78, 5) is 2.10. The van der Waals surface area contributed by atoms with Crippen LogP contribution in [0, 0.1) is 0 Å². The fraction of sp³-hybridized carbons (Fsp3) is 0.857. The minimum Gasteiger partial charge on any atom is -1.00 e. The van der Waals surface area contributed by atoms with Crippen molar-refractivity contribution in [2.24, 2.45) is 5.10 Å². The SMILES string of the molecule is CN1C=N[NH+](C(C)(C)C)C1.[I-]. The Labute approximate surface area is 85.5 Å². The third-order valence-electron chi connectivity index (χ3n) is 1.68. The van der Waals surface area contributed by atoms with E-state index in [9.17, 15) is 0 Å². The van der Waals surface area contributed by atoms with Gasteiger partial charge < -0.3 is 28.9 Å². The van der Waals surface area contributed by atoms with E-state index in [1.165, 1.54) is 5.01 Å². The minimum atomic E-state index is 0. The first kappa shape index (κ1) is 11.2. The van der Waals surface area contributed by atoms with Gasteiger partial charge in [-0.2, -0.15) is 5.01 Å². The van der Waals surface area contributed by atoms with E-state index in [1.807, 2.05) is 13.4 Å². The molecule has 66 valence electrons. The predicted molar refractivity (Wildman–Crippen MR) is 41.8 cm³/mol. The van der Waals surface area contributed by atoms with Gasteiger partial charge in [-0.25, -0.2) is 0 Å². The number of hydrogen-bond donors (Lipinski definition) is 1. The minimum absolute atomic E-state index is 0. The number of hydrogen-bond acceptors (Lipinski definition) is 2. The van der Waals surface area contributed by atoms with Crippen LogP contribution in [0.3, 0.4) is 0 Å². The average molecular weight is 269 g/mol. The summed E-state index contributed by atoms with van der Waals surface area (Å²) >= 11 is 0. The molecule has 1 aliphatic rings. The van der Waals surface area contributed by atoms with Crippen molar-refractivity contribution in [2.75, 3.05) is 13.7 Å². The maximum Gasteiger partial charge on any atom is 0.178 e. The van der Waals surface area contributed by atoms with Crippen molar-refractivity contribution >= 4 is 6.34 Å². The monoisotopic (exact) mass is 269 g/mol. The van der Waals surface area contributed by atoms with Crippen LogP contribution in [0.4, 0.5) is 0 Å². The number of nitrogens with zero attached hydrogens (tertiary/aromatic N) is 2. The summed E-state index contributed by atoms with van der Waals surface area (Å²) in [5.41, 5.74) is 0.237. The highest BCUT2D eigenvalue weighted by molar-refractivity contribution is 5.53. The summed E-state index contributed by atoms with van der Waals surface area (Å²) in [5.74, 6) is 0. The maximum atomic E-state index is 4.31. The van der Waals surface area contributed by atoms with E-state index < -0.39 is 0 Å². The Hall–Kier alpha value is 0.160. The lowest BCUT2D eigenvalue weighted by atomic mass is 10.1. The second kappa shape index (κ2) is 3.71. The Balaban J connectivity index is 0.000001000. The lowest BCUT2D eigenvalue weighted by Gasteiger charge is -2.23.